The van der Waals surface area contributed by atoms with Gasteiger partial charge in [-0.2, -0.15) is 0 Å². The summed E-state index contributed by atoms with van der Waals surface area (Å²) >= 11 is 0. The summed E-state index contributed by atoms with van der Waals surface area (Å²) in [5, 5.41) is 0. The molecule has 1 atom stereocenters. The number of ether oxygens (including phenoxy) is 1. The second kappa shape index (κ2) is 6.65. The van der Waals surface area contributed by atoms with Crippen LogP contribution in [0.5, 0.6) is 5.75 Å². The van der Waals surface area contributed by atoms with Gasteiger partial charge in [-0.15, -0.1) is 5.92 Å². The van der Waals surface area contributed by atoms with Crippen LogP contribution in [0.4, 0.5) is 0 Å². The zero-order chi connectivity index (χ0) is 11.8. The van der Waals surface area contributed by atoms with Gasteiger partial charge < -0.3 is 15.3 Å². The first kappa shape index (κ1) is 12.3. The van der Waals surface area contributed by atoms with E-state index in [0.29, 0.717) is 13.0 Å². The number of benzene rings is 1. The number of aldehydes is 1. The molecule has 1 rings (SSSR count). The van der Waals surface area contributed by atoms with Crippen LogP contribution in [0.25, 0.3) is 0 Å². The molecule has 0 fully saturated rings. The lowest BCUT2D eigenvalue weighted by atomic mass is 10.1. The van der Waals surface area contributed by atoms with E-state index in [9.17, 15) is 4.79 Å². The Labute approximate surface area is 95.6 Å². The molecule has 0 bridgehead atoms. The third-order valence-electron chi connectivity index (χ3n) is 2.06. The molecule has 0 aliphatic rings. The molecule has 16 heavy (non-hydrogen) atoms. The molecule has 0 spiro atoms. The van der Waals surface area contributed by atoms with E-state index < -0.39 is 6.04 Å². The Hall–Kier alpha value is -1.79. The van der Waals surface area contributed by atoms with Gasteiger partial charge in [0.25, 0.3) is 0 Å². The summed E-state index contributed by atoms with van der Waals surface area (Å²) in [5.41, 5.74) is 6.55. The fraction of sp³-hybridized carbons (Fsp3) is 0.308. The van der Waals surface area contributed by atoms with Gasteiger partial charge >= 0.3 is 0 Å². The van der Waals surface area contributed by atoms with Crippen LogP contribution >= 0.6 is 0 Å². The molecule has 3 nitrogen and oxygen atoms in total. The van der Waals surface area contributed by atoms with Crippen LogP contribution in [0.3, 0.4) is 0 Å². The Bertz CT molecular complexity index is 387. The summed E-state index contributed by atoms with van der Waals surface area (Å²) in [6.07, 6.45) is 1.31. The van der Waals surface area contributed by atoms with Crippen molar-refractivity contribution in [1.82, 2.24) is 0 Å². The maximum absolute atomic E-state index is 10.4. The van der Waals surface area contributed by atoms with Crippen LogP contribution in [0.15, 0.2) is 24.3 Å². The number of hydrogen-bond acceptors (Lipinski definition) is 3. The van der Waals surface area contributed by atoms with Crippen molar-refractivity contribution in [3.63, 3.8) is 0 Å². The number of carbonyl (C=O) groups excluding carboxylic acids is 1. The molecule has 0 radical (unpaired) electrons. The highest BCUT2D eigenvalue weighted by Crippen LogP contribution is 2.12. The van der Waals surface area contributed by atoms with Gasteiger partial charge in [0.1, 0.15) is 18.6 Å². The number of carbonyl (C=O) groups is 1. The highest BCUT2D eigenvalue weighted by Gasteiger charge is 2.01. The van der Waals surface area contributed by atoms with E-state index in [4.69, 9.17) is 10.5 Å². The van der Waals surface area contributed by atoms with Crippen LogP contribution in [-0.4, -0.2) is 18.9 Å². The Morgan fingerprint density at radius 3 is 2.69 bits per heavy atom. The summed E-state index contributed by atoms with van der Waals surface area (Å²) in [5.74, 6) is 6.34. The molecular formula is C13H15NO2. The third kappa shape index (κ3) is 4.16. The average molecular weight is 217 g/mol. The van der Waals surface area contributed by atoms with E-state index in [1.54, 1.807) is 6.92 Å². The normalized spacial score (nSPS) is 11.1. The lowest BCUT2D eigenvalue weighted by Gasteiger charge is -2.06. The van der Waals surface area contributed by atoms with Crippen molar-refractivity contribution in [3.05, 3.63) is 29.8 Å². The van der Waals surface area contributed by atoms with Crippen LogP contribution in [-0.2, 0) is 11.2 Å². The first-order valence-electron chi connectivity index (χ1n) is 5.08. The van der Waals surface area contributed by atoms with Crippen molar-refractivity contribution in [1.29, 1.82) is 0 Å². The predicted octanol–water partition coefficient (Wildman–Crippen LogP) is 1.16. The fourth-order valence-electron chi connectivity index (χ4n) is 1.23. The molecule has 0 aliphatic carbocycles. The summed E-state index contributed by atoms with van der Waals surface area (Å²) in [6.45, 7) is 2.16. The molecule has 1 unspecified atom stereocenters. The van der Waals surface area contributed by atoms with Gasteiger partial charge in [0, 0.05) is 0 Å². The van der Waals surface area contributed by atoms with Crippen molar-refractivity contribution >= 4 is 6.29 Å². The van der Waals surface area contributed by atoms with E-state index in [1.165, 1.54) is 0 Å². The van der Waals surface area contributed by atoms with Gasteiger partial charge in [0.05, 0.1) is 6.04 Å². The molecule has 0 aliphatic heterocycles. The molecule has 1 aromatic carbocycles. The second-order valence-electron chi connectivity index (χ2n) is 3.36. The topological polar surface area (TPSA) is 52.3 Å². The highest BCUT2D eigenvalue weighted by atomic mass is 16.5. The Morgan fingerprint density at radius 1 is 1.44 bits per heavy atom. The lowest BCUT2D eigenvalue weighted by molar-refractivity contribution is -0.108. The first-order chi connectivity index (χ1) is 7.76. The van der Waals surface area contributed by atoms with E-state index in [1.807, 2.05) is 24.3 Å². The first-order valence-corrected chi connectivity index (χ1v) is 5.08. The van der Waals surface area contributed by atoms with E-state index in [-0.39, 0.29) is 0 Å². The third-order valence-corrected chi connectivity index (χ3v) is 2.06. The second-order valence-corrected chi connectivity index (χ2v) is 3.36. The van der Waals surface area contributed by atoms with Crippen molar-refractivity contribution in [2.45, 2.75) is 19.4 Å². The molecule has 0 heterocycles. The Balaban J connectivity index is 2.52. The van der Waals surface area contributed by atoms with Crippen molar-refractivity contribution in [2.24, 2.45) is 5.73 Å². The number of hydrogen-bond donors (Lipinski definition) is 1. The number of rotatable bonds is 5. The maximum Gasteiger partial charge on any atom is 0.149 e. The molecule has 2 N–H and O–H groups in total. The predicted molar refractivity (Wildman–Crippen MR) is 63.1 cm³/mol. The average Bonchev–Trinajstić information content (AvgIpc) is 2.31. The van der Waals surface area contributed by atoms with E-state index >= 15 is 0 Å². The Morgan fingerprint density at radius 2 is 2.12 bits per heavy atom. The standard InChI is InChI=1S/C13H15NO2/c1-2-3-8-16-13-6-4-11(5-7-13)9-12(14)10-15/h4-7,10,12H,8-9,14H2,1H3. The van der Waals surface area contributed by atoms with Crippen LogP contribution in [0.2, 0.25) is 0 Å². The van der Waals surface area contributed by atoms with Gasteiger partial charge in [-0.25, -0.2) is 0 Å². The minimum atomic E-state index is -0.433. The largest absolute Gasteiger partial charge is 0.481 e. The smallest absolute Gasteiger partial charge is 0.149 e. The van der Waals surface area contributed by atoms with E-state index in [0.717, 1.165) is 17.6 Å². The van der Waals surface area contributed by atoms with Crippen LogP contribution < -0.4 is 10.5 Å². The van der Waals surface area contributed by atoms with Crippen molar-refractivity contribution < 1.29 is 9.53 Å². The van der Waals surface area contributed by atoms with Crippen molar-refractivity contribution in [2.75, 3.05) is 6.61 Å². The zero-order valence-corrected chi connectivity index (χ0v) is 9.27. The minimum Gasteiger partial charge on any atom is -0.481 e. The van der Waals surface area contributed by atoms with Gasteiger partial charge in [-0.1, -0.05) is 18.1 Å². The monoisotopic (exact) mass is 217 g/mol. The SMILES string of the molecule is CC#CCOc1ccc(CC(N)C=O)cc1. The van der Waals surface area contributed by atoms with Gasteiger partial charge in [-0.05, 0) is 31.0 Å². The molecular weight excluding hydrogens is 202 g/mol. The van der Waals surface area contributed by atoms with Crippen LogP contribution in [0.1, 0.15) is 12.5 Å². The lowest BCUT2D eigenvalue weighted by Crippen LogP contribution is -2.23. The molecule has 84 valence electrons. The highest BCUT2D eigenvalue weighted by molar-refractivity contribution is 5.57. The number of nitrogens with two attached hydrogens (primary N) is 1. The molecule has 0 saturated carbocycles. The fourth-order valence-corrected chi connectivity index (χ4v) is 1.23. The molecule has 0 aromatic heterocycles. The molecule has 0 saturated heterocycles. The van der Waals surface area contributed by atoms with Crippen LogP contribution in [0, 0.1) is 11.8 Å². The van der Waals surface area contributed by atoms with Gasteiger partial charge in [0.15, 0.2) is 0 Å². The molecule has 3 heteroatoms. The quantitative estimate of drug-likeness (QED) is 0.594. The summed E-state index contributed by atoms with van der Waals surface area (Å²) in [7, 11) is 0. The molecule has 1 aromatic rings. The molecule has 0 amide bonds. The summed E-state index contributed by atoms with van der Waals surface area (Å²) < 4.78 is 5.36. The minimum absolute atomic E-state index is 0.393. The van der Waals surface area contributed by atoms with Crippen molar-refractivity contribution in [3.8, 4) is 17.6 Å². The maximum atomic E-state index is 10.4. The van der Waals surface area contributed by atoms with Gasteiger partial charge in [0.2, 0.25) is 0 Å². The zero-order valence-electron chi connectivity index (χ0n) is 9.27. The van der Waals surface area contributed by atoms with E-state index in [2.05, 4.69) is 11.8 Å². The summed E-state index contributed by atoms with van der Waals surface area (Å²) in [4.78, 5) is 10.4. The summed E-state index contributed by atoms with van der Waals surface area (Å²) in [6, 6.07) is 7.07. The Kier molecular flexibility index (Phi) is 5.10. The van der Waals surface area contributed by atoms with Gasteiger partial charge in [-0.3, -0.25) is 0 Å².